The molecular weight excluding hydrogens is 326 g/mol. The molecule has 0 saturated carbocycles. The van der Waals surface area contributed by atoms with Crippen LogP contribution >= 0.6 is 11.5 Å². The van der Waals surface area contributed by atoms with Gasteiger partial charge in [-0.2, -0.15) is 4.37 Å². The molecule has 6 nitrogen and oxygen atoms in total. The van der Waals surface area contributed by atoms with E-state index in [2.05, 4.69) is 15.0 Å². The van der Waals surface area contributed by atoms with Crippen molar-refractivity contribution in [2.75, 3.05) is 18.9 Å². The first-order valence-corrected chi connectivity index (χ1v) is 8.47. The van der Waals surface area contributed by atoms with E-state index in [4.69, 9.17) is 4.74 Å². The van der Waals surface area contributed by atoms with Crippen molar-refractivity contribution in [3.8, 4) is 0 Å². The second kappa shape index (κ2) is 8.44. The number of amides is 1. The number of hydrogen-bond acceptors (Lipinski definition) is 6. The van der Waals surface area contributed by atoms with Gasteiger partial charge in [-0.05, 0) is 37.4 Å². The summed E-state index contributed by atoms with van der Waals surface area (Å²) in [6, 6.07) is 9.86. The number of hydrogen-bond donors (Lipinski definition) is 2. The number of rotatable bonds is 7. The number of ether oxygens (including phenoxy) is 1. The van der Waals surface area contributed by atoms with E-state index in [9.17, 15) is 9.59 Å². The van der Waals surface area contributed by atoms with E-state index in [0.717, 1.165) is 12.0 Å². The average Bonchev–Trinajstić information content (AvgIpc) is 2.96. The SMILES string of the molecule is CNc1snc(C)c1C(=O)OC(C)C(=O)NCCc1ccccc1. The molecule has 24 heavy (non-hydrogen) atoms. The molecule has 0 bridgehead atoms. The molecule has 1 atom stereocenters. The van der Waals surface area contributed by atoms with Crippen LogP contribution in [0.4, 0.5) is 5.00 Å². The monoisotopic (exact) mass is 347 g/mol. The molecule has 0 aliphatic heterocycles. The Kier molecular flexibility index (Phi) is 6.31. The van der Waals surface area contributed by atoms with Crippen LogP contribution in [0.5, 0.6) is 0 Å². The smallest absolute Gasteiger partial charge is 0.343 e. The molecule has 1 aromatic heterocycles. The lowest BCUT2D eigenvalue weighted by atomic mass is 10.1. The second-order valence-corrected chi connectivity index (χ2v) is 6.07. The van der Waals surface area contributed by atoms with Crippen LogP contribution in [-0.4, -0.2) is 35.9 Å². The molecule has 1 heterocycles. The minimum Gasteiger partial charge on any atom is -0.449 e. The zero-order valence-electron chi connectivity index (χ0n) is 14.0. The van der Waals surface area contributed by atoms with Gasteiger partial charge in [0, 0.05) is 13.6 Å². The van der Waals surface area contributed by atoms with Crippen molar-refractivity contribution in [3.63, 3.8) is 0 Å². The third-order valence-electron chi connectivity index (χ3n) is 3.50. The molecular formula is C17H21N3O3S. The van der Waals surface area contributed by atoms with E-state index >= 15 is 0 Å². The fraction of sp³-hybridized carbons (Fsp3) is 0.353. The van der Waals surface area contributed by atoms with Crippen LogP contribution in [0.15, 0.2) is 30.3 Å². The van der Waals surface area contributed by atoms with E-state index < -0.39 is 12.1 Å². The molecule has 2 rings (SSSR count). The lowest BCUT2D eigenvalue weighted by Crippen LogP contribution is -2.37. The first-order valence-electron chi connectivity index (χ1n) is 7.69. The summed E-state index contributed by atoms with van der Waals surface area (Å²) in [6.45, 7) is 3.79. The number of aromatic nitrogens is 1. The minimum absolute atomic E-state index is 0.314. The Balaban J connectivity index is 1.84. The number of carbonyl (C=O) groups is 2. The maximum Gasteiger partial charge on any atom is 0.343 e. The van der Waals surface area contributed by atoms with Gasteiger partial charge in [0.2, 0.25) is 0 Å². The fourth-order valence-electron chi connectivity index (χ4n) is 2.17. The maximum absolute atomic E-state index is 12.2. The average molecular weight is 347 g/mol. The summed E-state index contributed by atoms with van der Waals surface area (Å²) in [4.78, 5) is 24.3. The molecule has 0 aliphatic carbocycles. The molecule has 0 fully saturated rings. The Hall–Kier alpha value is -2.41. The molecule has 0 spiro atoms. The summed E-state index contributed by atoms with van der Waals surface area (Å²) in [7, 11) is 1.71. The van der Waals surface area contributed by atoms with Crippen LogP contribution in [0, 0.1) is 6.92 Å². The van der Waals surface area contributed by atoms with Crippen molar-refractivity contribution in [1.29, 1.82) is 0 Å². The van der Waals surface area contributed by atoms with E-state index in [1.165, 1.54) is 11.5 Å². The Bertz CT molecular complexity index is 700. The van der Waals surface area contributed by atoms with Crippen LogP contribution in [0.3, 0.4) is 0 Å². The number of benzene rings is 1. The third kappa shape index (κ3) is 4.55. The normalized spacial score (nSPS) is 11.6. The number of nitrogens with one attached hydrogen (secondary N) is 2. The number of anilines is 1. The molecule has 7 heteroatoms. The topological polar surface area (TPSA) is 80.3 Å². The quantitative estimate of drug-likeness (QED) is 0.752. The Morgan fingerprint density at radius 1 is 1.29 bits per heavy atom. The Morgan fingerprint density at radius 2 is 2.00 bits per heavy atom. The largest absolute Gasteiger partial charge is 0.449 e. The number of carbonyl (C=O) groups excluding carboxylic acids is 2. The minimum atomic E-state index is -0.864. The summed E-state index contributed by atoms with van der Waals surface area (Å²) in [5, 5.41) is 6.32. The summed E-state index contributed by atoms with van der Waals surface area (Å²) in [6.07, 6.45) is -0.137. The van der Waals surface area contributed by atoms with E-state index in [1.807, 2.05) is 30.3 Å². The Labute approximate surface area is 145 Å². The van der Waals surface area contributed by atoms with Crippen molar-refractivity contribution in [3.05, 3.63) is 47.2 Å². The first kappa shape index (κ1) is 17.9. The molecule has 1 amide bonds. The summed E-state index contributed by atoms with van der Waals surface area (Å²) >= 11 is 1.19. The van der Waals surface area contributed by atoms with Crippen molar-refractivity contribution in [1.82, 2.24) is 9.69 Å². The first-order chi connectivity index (χ1) is 11.5. The molecule has 128 valence electrons. The van der Waals surface area contributed by atoms with Crippen molar-refractivity contribution < 1.29 is 14.3 Å². The molecule has 0 radical (unpaired) electrons. The molecule has 2 N–H and O–H groups in total. The lowest BCUT2D eigenvalue weighted by Gasteiger charge is -2.14. The zero-order valence-corrected chi connectivity index (χ0v) is 14.8. The highest BCUT2D eigenvalue weighted by atomic mass is 32.1. The van der Waals surface area contributed by atoms with Crippen LogP contribution in [0.1, 0.15) is 28.5 Å². The predicted octanol–water partition coefficient (Wildman–Crippen LogP) is 2.40. The van der Waals surface area contributed by atoms with E-state index in [-0.39, 0.29) is 5.91 Å². The van der Waals surface area contributed by atoms with Gasteiger partial charge in [0.15, 0.2) is 6.10 Å². The van der Waals surface area contributed by atoms with E-state index in [1.54, 1.807) is 20.9 Å². The number of nitrogens with zero attached hydrogens (tertiary/aromatic N) is 1. The van der Waals surface area contributed by atoms with Gasteiger partial charge in [0.05, 0.1) is 5.69 Å². The maximum atomic E-state index is 12.2. The number of esters is 1. The van der Waals surface area contributed by atoms with Crippen LogP contribution in [0.2, 0.25) is 0 Å². The third-order valence-corrected chi connectivity index (χ3v) is 4.46. The zero-order chi connectivity index (χ0) is 17.5. The van der Waals surface area contributed by atoms with E-state index in [0.29, 0.717) is 22.8 Å². The summed E-state index contributed by atoms with van der Waals surface area (Å²) in [5.74, 6) is -0.859. The van der Waals surface area contributed by atoms with Crippen molar-refractivity contribution >= 4 is 28.4 Å². The second-order valence-electron chi connectivity index (χ2n) is 5.30. The predicted molar refractivity (Wildman–Crippen MR) is 94.4 cm³/mol. The Morgan fingerprint density at radius 3 is 2.67 bits per heavy atom. The highest BCUT2D eigenvalue weighted by Gasteiger charge is 2.24. The van der Waals surface area contributed by atoms with Gasteiger partial charge < -0.3 is 15.4 Å². The van der Waals surface area contributed by atoms with Gasteiger partial charge >= 0.3 is 5.97 Å². The van der Waals surface area contributed by atoms with Crippen LogP contribution in [0.25, 0.3) is 0 Å². The summed E-state index contributed by atoms with van der Waals surface area (Å²) in [5.41, 5.74) is 2.11. The van der Waals surface area contributed by atoms with Crippen LogP contribution in [-0.2, 0) is 16.0 Å². The lowest BCUT2D eigenvalue weighted by molar-refractivity contribution is -0.129. The number of aryl methyl sites for hydroxylation is 1. The highest BCUT2D eigenvalue weighted by molar-refractivity contribution is 7.10. The molecule has 0 aliphatic rings. The van der Waals surface area contributed by atoms with Gasteiger partial charge in [-0.15, -0.1) is 0 Å². The highest BCUT2D eigenvalue weighted by Crippen LogP contribution is 2.24. The van der Waals surface area contributed by atoms with Crippen molar-refractivity contribution in [2.24, 2.45) is 0 Å². The van der Waals surface area contributed by atoms with Gasteiger partial charge in [-0.1, -0.05) is 30.3 Å². The van der Waals surface area contributed by atoms with Crippen LogP contribution < -0.4 is 10.6 Å². The van der Waals surface area contributed by atoms with Crippen molar-refractivity contribution in [2.45, 2.75) is 26.4 Å². The molecule has 1 aromatic carbocycles. The molecule has 1 unspecified atom stereocenters. The molecule has 0 saturated heterocycles. The molecule has 2 aromatic rings. The fourth-order valence-corrected chi connectivity index (χ4v) is 2.91. The van der Waals surface area contributed by atoms with Gasteiger partial charge in [-0.3, -0.25) is 4.79 Å². The van der Waals surface area contributed by atoms with Gasteiger partial charge in [0.1, 0.15) is 10.6 Å². The standard InChI is InChI=1S/C17H21N3O3S/c1-11-14(16(18-3)24-20-11)17(22)23-12(2)15(21)19-10-9-13-7-5-4-6-8-13/h4-8,12,18H,9-10H2,1-3H3,(H,19,21). The van der Waals surface area contributed by atoms with Gasteiger partial charge in [0.25, 0.3) is 5.91 Å². The van der Waals surface area contributed by atoms with Gasteiger partial charge in [-0.25, -0.2) is 4.79 Å². The summed E-state index contributed by atoms with van der Waals surface area (Å²) < 4.78 is 9.38.